The van der Waals surface area contributed by atoms with E-state index in [-0.39, 0.29) is 11.9 Å². The van der Waals surface area contributed by atoms with Crippen LogP contribution in [0.5, 0.6) is 0 Å². The molecule has 0 heterocycles. The van der Waals surface area contributed by atoms with Crippen molar-refractivity contribution in [3.8, 4) is 0 Å². The van der Waals surface area contributed by atoms with Gasteiger partial charge in [0.05, 0.1) is 0 Å². The number of hydrogen-bond donors (Lipinski definition) is 1. The van der Waals surface area contributed by atoms with E-state index in [0.717, 1.165) is 15.6 Å². The highest BCUT2D eigenvalue weighted by molar-refractivity contribution is 9.10. The monoisotopic (exact) mass is 341 g/mol. The molecular formula is C15H14BrClFN. The van der Waals surface area contributed by atoms with Gasteiger partial charge in [-0.05, 0) is 42.3 Å². The third-order valence-corrected chi connectivity index (χ3v) is 3.94. The molecule has 0 radical (unpaired) electrons. The van der Waals surface area contributed by atoms with Crippen molar-refractivity contribution in [3.05, 3.63) is 68.9 Å². The molecule has 1 unspecified atom stereocenters. The summed E-state index contributed by atoms with van der Waals surface area (Å²) in [6.07, 6.45) is 0. The zero-order chi connectivity index (χ0) is 13.8. The molecule has 0 amide bonds. The minimum atomic E-state index is -0.209. The lowest BCUT2D eigenvalue weighted by Gasteiger charge is -2.15. The third kappa shape index (κ3) is 4.03. The summed E-state index contributed by atoms with van der Waals surface area (Å²) >= 11 is 9.38. The highest BCUT2D eigenvalue weighted by Gasteiger charge is 2.07. The Morgan fingerprint density at radius 1 is 1.26 bits per heavy atom. The lowest BCUT2D eigenvalue weighted by molar-refractivity contribution is 0.564. The first-order chi connectivity index (χ1) is 9.06. The first-order valence-corrected chi connectivity index (χ1v) is 7.16. The van der Waals surface area contributed by atoms with Crippen LogP contribution in [0.4, 0.5) is 4.39 Å². The highest BCUT2D eigenvalue weighted by Crippen LogP contribution is 2.22. The van der Waals surface area contributed by atoms with E-state index in [1.165, 1.54) is 6.07 Å². The summed E-state index contributed by atoms with van der Waals surface area (Å²) in [6.45, 7) is 2.70. The summed E-state index contributed by atoms with van der Waals surface area (Å²) in [6, 6.07) is 12.4. The smallest absolute Gasteiger partial charge is 0.123 e. The first kappa shape index (κ1) is 14.5. The Kier molecular flexibility index (Phi) is 4.97. The molecule has 0 bridgehead atoms. The zero-order valence-electron chi connectivity index (χ0n) is 10.5. The minimum Gasteiger partial charge on any atom is -0.306 e. The minimum absolute atomic E-state index is 0.0817. The molecule has 2 aromatic rings. The molecule has 0 saturated heterocycles. The second kappa shape index (κ2) is 6.51. The summed E-state index contributed by atoms with van der Waals surface area (Å²) in [4.78, 5) is 0. The van der Waals surface area contributed by atoms with Crippen LogP contribution in [0.3, 0.4) is 0 Å². The summed E-state index contributed by atoms with van der Waals surface area (Å²) in [7, 11) is 0. The molecule has 1 N–H and O–H groups in total. The van der Waals surface area contributed by atoms with E-state index in [1.54, 1.807) is 12.1 Å². The molecule has 0 spiro atoms. The topological polar surface area (TPSA) is 12.0 Å². The third-order valence-electron chi connectivity index (χ3n) is 2.96. The van der Waals surface area contributed by atoms with Crippen molar-refractivity contribution >= 4 is 27.5 Å². The van der Waals surface area contributed by atoms with Crippen molar-refractivity contribution in [3.63, 3.8) is 0 Å². The van der Waals surface area contributed by atoms with E-state index in [2.05, 4.69) is 21.2 Å². The van der Waals surface area contributed by atoms with Crippen LogP contribution in [0.15, 0.2) is 46.9 Å². The Morgan fingerprint density at radius 2 is 2.05 bits per heavy atom. The number of rotatable bonds is 4. The van der Waals surface area contributed by atoms with Gasteiger partial charge in [-0.2, -0.15) is 0 Å². The summed E-state index contributed by atoms with van der Waals surface area (Å²) in [5, 5.41) is 4.07. The van der Waals surface area contributed by atoms with Gasteiger partial charge in [-0.25, -0.2) is 4.39 Å². The van der Waals surface area contributed by atoms with Crippen molar-refractivity contribution in [2.24, 2.45) is 0 Å². The van der Waals surface area contributed by atoms with Gasteiger partial charge in [-0.3, -0.25) is 0 Å². The summed E-state index contributed by atoms with van der Waals surface area (Å²) in [5.41, 5.74) is 2.05. The largest absolute Gasteiger partial charge is 0.306 e. The van der Waals surface area contributed by atoms with Gasteiger partial charge in [0.1, 0.15) is 5.82 Å². The highest BCUT2D eigenvalue weighted by atomic mass is 79.9. The Balaban J connectivity index is 2.02. The summed E-state index contributed by atoms with van der Waals surface area (Å²) < 4.78 is 14.1. The van der Waals surface area contributed by atoms with Gasteiger partial charge in [0.2, 0.25) is 0 Å². The van der Waals surface area contributed by atoms with Crippen LogP contribution < -0.4 is 5.32 Å². The van der Waals surface area contributed by atoms with Gasteiger partial charge in [-0.1, -0.05) is 45.7 Å². The van der Waals surface area contributed by atoms with Gasteiger partial charge in [0.15, 0.2) is 0 Å². The Hall–Kier alpha value is -0.900. The molecule has 0 saturated carbocycles. The Bertz CT molecular complexity index is 574. The molecule has 1 nitrogen and oxygen atoms in total. The van der Waals surface area contributed by atoms with Crippen molar-refractivity contribution in [1.29, 1.82) is 0 Å². The van der Waals surface area contributed by atoms with Gasteiger partial charge >= 0.3 is 0 Å². The molecule has 0 aliphatic carbocycles. The van der Waals surface area contributed by atoms with E-state index in [9.17, 15) is 4.39 Å². The number of halogens is 3. The predicted molar refractivity (Wildman–Crippen MR) is 80.8 cm³/mol. The number of benzene rings is 2. The molecular weight excluding hydrogens is 329 g/mol. The van der Waals surface area contributed by atoms with Crippen molar-refractivity contribution < 1.29 is 4.39 Å². The standard InChI is InChI=1S/C15H14BrClFN/c1-10(11-3-2-4-14(18)7-11)19-9-12-5-6-13(17)8-15(12)16/h2-8,10,19H,9H2,1H3. The van der Waals surface area contributed by atoms with Crippen LogP contribution in [0.2, 0.25) is 5.02 Å². The van der Waals surface area contributed by atoms with Gasteiger partial charge in [0, 0.05) is 22.1 Å². The van der Waals surface area contributed by atoms with Crippen molar-refractivity contribution in [1.82, 2.24) is 5.32 Å². The maximum absolute atomic E-state index is 13.1. The second-order valence-electron chi connectivity index (χ2n) is 4.39. The second-order valence-corrected chi connectivity index (χ2v) is 5.68. The first-order valence-electron chi connectivity index (χ1n) is 5.99. The van der Waals surface area contributed by atoms with Crippen molar-refractivity contribution in [2.45, 2.75) is 19.5 Å². The van der Waals surface area contributed by atoms with Crippen LogP contribution in [-0.4, -0.2) is 0 Å². The van der Waals surface area contributed by atoms with E-state index in [1.807, 2.05) is 31.2 Å². The van der Waals surface area contributed by atoms with Crippen molar-refractivity contribution in [2.75, 3.05) is 0 Å². The molecule has 19 heavy (non-hydrogen) atoms. The van der Waals surface area contributed by atoms with Gasteiger partial charge < -0.3 is 5.32 Å². The van der Waals surface area contributed by atoms with Crippen LogP contribution >= 0.6 is 27.5 Å². The zero-order valence-corrected chi connectivity index (χ0v) is 12.8. The maximum Gasteiger partial charge on any atom is 0.123 e. The van der Waals surface area contributed by atoms with Gasteiger partial charge in [-0.15, -0.1) is 0 Å². The lowest BCUT2D eigenvalue weighted by Crippen LogP contribution is -2.18. The normalized spacial score (nSPS) is 12.4. The predicted octanol–water partition coefficient (Wildman–Crippen LogP) is 5.09. The van der Waals surface area contributed by atoms with Crippen LogP contribution in [0, 0.1) is 5.82 Å². The lowest BCUT2D eigenvalue weighted by atomic mass is 10.1. The average molecular weight is 343 g/mol. The number of nitrogens with one attached hydrogen (secondary N) is 1. The quantitative estimate of drug-likeness (QED) is 0.816. The maximum atomic E-state index is 13.1. The van der Waals surface area contributed by atoms with E-state index in [4.69, 9.17) is 11.6 Å². The average Bonchev–Trinajstić information content (AvgIpc) is 2.37. The van der Waals surface area contributed by atoms with Crippen LogP contribution in [0.1, 0.15) is 24.1 Å². The Labute approximate surface area is 125 Å². The fourth-order valence-corrected chi connectivity index (χ4v) is 2.64. The van der Waals surface area contributed by atoms with E-state index >= 15 is 0 Å². The van der Waals surface area contributed by atoms with Crippen LogP contribution in [0.25, 0.3) is 0 Å². The molecule has 2 aromatic carbocycles. The number of hydrogen-bond acceptors (Lipinski definition) is 1. The van der Waals surface area contributed by atoms with E-state index in [0.29, 0.717) is 11.6 Å². The molecule has 1 atom stereocenters. The summed E-state index contributed by atoms with van der Waals surface area (Å²) in [5.74, 6) is -0.209. The SMILES string of the molecule is CC(NCc1ccc(Cl)cc1Br)c1cccc(F)c1. The molecule has 0 aliphatic rings. The fraction of sp³-hybridized carbons (Fsp3) is 0.200. The molecule has 100 valence electrons. The van der Waals surface area contributed by atoms with Crippen LogP contribution in [-0.2, 0) is 6.54 Å². The molecule has 2 rings (SSSR count). The fourth-order valence-electron chi connectivity index (χ4n) is 1.82. The molecule has 4 heteroatoms. The van der Waals surface area contributed by atoms with Gasteiger partial charge in [0.25, 0.3) is 0 Å². The molecule has 0 aromatic heterocycles. The molecule has 0 aliphatic heterocycles. The molecule has 0 fully saturated rings. The van der Waals surface area contributed by atoms with E-state index < -0.39 is 0 Å². The Morgan fingerprint density at radius 3 is 2.74 bits per heavy atom.